The monoisotopic (exact) mass is 373 g/mol. The Kier molecular flexibility index (Phi) is 5.95. The lowest BCUT2D eigenvalue weighted by molar-refractivity contribution is -0.140. The fourth-order valence-electron chi connectivity index (χ4n) is 3.83. The number of rotatable bonds is 7. The van der Waals surface area contributed by atoms with Gasteiger partial charge in [0.05, 0.1) is 12.3 Å². The van der Waals surface area contributed by atoms with Crippen LogP contribution in [0.4, 0.5) is 5.69 Å². The number of carbonyl (C=O) groups excluding carboxylic acids is 1. The molecule has 146 valence electrons. The molecule has 27 heavy (non-hydrogen) atoms. The lowest BCUT2D eigenvalue weighted by Crippen LogP contribution is -2.47. The van der Waals surface area contributed by atoms with E-state index in [4.69, 9.17) is 16.2 Å². The van der Waals surface area contributed by atoms with Gasteiger partial charge in [-0.05, 0) is 37.1 Å². The number of nitrogens with zero attached hydrogens (tertiary/aromatic N) is 2. The van der Waals surface area contributed by atoms with E-state index in [1.165, 1.54) is 0 Å². The first-order chi connectivity index (χ1) is 12.9. The van der Waals surface area contributed by atoms with Crippen LogP contribution in [0.5, 0.6) is 0 Å². The number of hydrogen-bond donors (Lipinski definition) is 4. The van der Waals surface area contributed by atoms with Crippen LogP contribution in [0.3, 0.4) is 0 Å². The number of amides is 1. The number of nitrogens with two attached hydrogens (primary N) is 1. The zero-order valence-corrected chi connectivity index (χ0v) is 15.4. The number of benzene rings is 1. The Balaban J connectivity index is 1.41. The molecule has 2 atom stereocenters. The van der Waals surface area contributed by atoms with E-state index in [1.807, 2.05) is 24.3 Å². The van der Waals surface area contributed by atoms with Crippen LogP contribution in [0, 0.1) is 11.3 Å². The number of aliphatic carboxylic acids is 1. The van der Waals surface area contributed by atoms with E-state index >= 15 is 0 Å². The molecule has 1 aromatic carbocycles. The number of anilines is 1. The molecule has 0 radical (unpaired) electrons. The molecule has 0 aliphatic carbocycles. The molecule has 2 saturated heterocycles. The molecular formula is C19H27N5O3. The van der Waals surface area contributed by atoms with Crippen LogP contribution in [0.1, 0.15) is 24.8 Å². The molecule has 8 heteroatoms. The lowest BCUT2D eigenvalue weighted by atomic mass is 10.00. The van der Waals surface area contributed by atoms with E-state index in [9.17, 15) is 9.59 Å². The summed E-state index contributed by atoms with van der Waals surface area (Å²) in [6.45, 7) is 4.67. The predicted molar refractivity (Wildman–Crippen MR) is 103 cm³/mol. The van der Waals surface area contributed by atoms with Crippen molar-refractivity contribution in [3.63, 3.8) is 0 Å². The minimum absolute atomic E-state index is 0.0796. The average molecular weight is 373 g/mol. The van der Waals surface area contributed by atoms with Crippen molar-refractivity contribution in [1.82, 2.24) is 10.2 Å². The number of hydrogen-bond acceptors (Lipinski definition) is 5. The van der Waals surface area contributed by atoms with Gasteiger partial charge in [-0.3, -0.25) is 19.9 Å². The lowest BCUT2D eigenvalue weighted by Gasteiger charge is -2.36. The second-order valence-corrected chi connectivity index (χ2v) is 7.31. The molecule has 0 unspecified atom stereocenters. The van der Waals surface area contributed by atoms with Gasteiger partial charge in [0.2, 0.25) is 5.91 Å². The molecule has 0 bridgehead atoms. The van der Waals surface area contributed by atoms with E-state index in [0.717, 1.165) is 50.4 Å². The number of piperazine rings is 1. The number of carbonyl (C=O) groups is 2. The normalized spacial score (nSPS) is 23.3. The predicted octanol–water partition coefficient (Wildman–Crippen LogP) is 0.462. The van der Waals surface area contributed by atoms with Gasteiger partial charge in [0.1, 0.15) is 5.84 Å². The largest absolute Gasteiger partial charge is 0.481 e. The third kappa shape index (κ3) is 4.97. The first kappa shape index (κ1) is 19.2. The fraction of sp³-hybridized carbons (Fsp3) is 0.526. The van der Waals surface area contributed by atoms with Gasteiger partial charge in [0.15, 0.2) is 0 Å². The number of nitrogen functional groups attached to an aromatic ring is 1. The minimum atomic E-state index is -0.914. The van der Waals surface area contributed by atoms with Crippen LogP contribution >= 0.6 is 0 Å². The summed E-state index contributed by atoms with van der Waals surface area (Å²) < 4.78 is 0. The quantitative estimate of drug-likeness (QED) is 0.407. The van der Waals surface area contributed by atoms with Crippen molar-refractivity contribution >= 4 is 23.4 Å². The molecule has 0 spiro atoms. The Labute approximate surface area is 158 Å². The Bertz CT molecular complexity index is 698. The van der Waals surface area contributed by atoms with Gasteiger partial charge < -0.3 is 21.1 Å². The van der Waals surface area contributed by atoms with E-state index in [1.54, 1.807) is 0 Å². The fourth-order valence-corrected chi connectivity index (χ4v) is 3.83. The number of carboxylic acid groups (broad SMARTS) is 1. The molecule has 5 N–H and O–H groups in total. The zero-order chi connectivity index (χ0) is 19.4. The summed E-state index contributed by atoms with van der Waals surface area (Å²) in [5.74, 6) is -1.34. The van der Waals surface area contributed by atoms with Crippen molar-refractivity contribution in [3.05, 3.63) is 29.8 Å². The van der Waals surface area contributed by atoms with Gasteiger partial charge >= 0.3 is 5.97 Å². The standard InChI is InChI=1S/C19H27N5O3/c20-18(21)13-1-3-16(4-2-13)24-9-7-23(8-10-24)6-5-15-11-14(12-17(25)26)19(27)22-15/h1-4,14-15H,5-12H2,(H3,20,21)(H,22,27)(H,25,26)/t14-,15+/m0/s1. The highest BCUT2D eigenvalue weighted by molar-refractivity contribution is 5.95. The van der Waals surface area contributed by atoms with Crippen molar-refractivity contribution in [1.29, 1.82) is 5.41 Å². The molecule has 1 aromatic rings. The van der Waals surface area contributed by atoms with E-state index in [-0.39, 0.29) is 30.1 Å². The van der Waals surface area contributed by atoms with E-state index < -0.39 is 5.97 Å². The van der Waals surface area contributed by atoms with Gasteiger partial charge in [0.25, 0.3) is 0 Å². The van der Waals surface area contributed by atoms with Crippen LogP contribution in [-0.4, -0.2) is 66.5 Å². The maximum Gasteiger partial charge on any atom is 0.304 e. The number of carboxylic acids is 1. The van der Waals surface area contributed by atoms with Gasteiger partial charge in [-0.1, -0.05) is 0 Å². The van der Waals surface area contributed by atoms with Crippen LogP contribution in [0.2, 0.25) is 0 Å². The maximum absolute atomic E-state index is 11.8. The SMILES string of the molecule is N=C(N)c1ccc(N2CCN(CC[C@@H]3C[C@@H](CC(=O)O)C(=O)N3)CC2)cc1. The van der Waals surface area contributed by atoms with Crippen molar-refractivity contribution in [2.45, 2.75) is 25.3 Å². The molecule has 8 nitrogen and oxygen atoms in total. The van der Waals surface area contributed by atoms with Gasteiger partial charge in [0, 0.05) is 50.0 Å². The third-order valence-corrected chi connectivity index (χ3v) is 5.42. The summed E-state index contributed by atoms with van der Waals surface area (Å²) in [7, 11) is 0. The summed E-state index contributed by atoms with van der Waals surface area (Å²) in [6, 6.07) is 7.84. The molecule has 3 rings (SSSR count). The Morgan fingerprint density at radius 1 is 1.22 bits per heavy atom. The molecule has 0 aromatic heterocycles. The Hall–Kier alpha value is -2.61. The smallest absolute Gasteiger partial charge is 0.304 e. The minimum Gasteiger partial charge on any atom is -0.481 e. The van der Waals surface area contributed by atoms with Crippen LogP contribution < -0.4 is 16.0 Å². The van der Waals surface area contributed by atoms with Gasteiger partial charge in [-0.15, -0.1) is 0 Å². The molecule has 1 amide bonds. The number of nitrogens with one attached hydrogen (secondary N) is 2. The molecule has 2 heterocycles. The summed E-state index contributed by atoms with van der Waals surface area (Å²) in [6.07, 6.45) is 1.40. The average Bonchev–Trinajstić information content (AvgIpc) is 2.99. The van der Waals surface area contributed by atoms with Crippen LogP contribution in [-0.2, 0) is 9.59 Å². The van der Waals surface area contributed by atoms with Crippen LogP contribution in [0.25, 0.3) is 0 Å². The topological polar surface area (TPSA) is 123 Å². The van der Waals surface area contributed by atoms with Crippen molar-refractivity contribution < 1.29 is 14.7 Å². The molecule has 2 aliphatic rings. The van der Waals surface area contributed by atoms with Crippen molar-refractivity contribution in [2.24, 2.45) is 11.7 Å². The molecule has 2 aliphatic heterocycles. The van der Waals surface area contributed by atoms with Gasteiger partial charge in [-0.25, -0.2) is 0 Å². The highest BCUT2D eigenvalue weighted by atomic mass is 16.4. The Morgan fingerprint density at radius 3 is 2.48 bits per heavy atom. The van der Waals surface area contributed by atoms with E-state index in [2.05, 4.69) is 15.1 Å². The molecule has 2 fully saturated rings. The highest BCUT2D eigenvalue weighted by Crippen LogP contribution is 2.22. The highest BCUT2D eigenvalue weighted by Gasteiger charge is 2.33. The summed E-state index contributed by atoms with van der Waals surface area (Å²) in [4.78, 5) is 27.3. The first-order valence-corrected chi connectivity index (χ1v) is 9.36. The summed E-state index contributed by atoms with van der Waals surface area (Å²) >= 11 is 0. The number of amidine groups is 1. The maximum atomic E-state index is 11.8. The Morgan fingerprint density at radius 2 is 1.89 bits per heavy atom. The zero-order valence-electron chi connectivity index (χ0n) is 15.4. The second kappa shape index (κ2) is 8.39. The second-order valence-electron chi connectivity index (χ2n) is 7.31. The van der Waals surface area contributed by atoms with Gasteiger partial charge in [-0.2, -0.15) is 0 Å². The van der Waals surface area contributed by atoms with E-state index in [0.29, 0.717) is 6.42 Å². The van der Waals surface area contributed by atoms with Crippen molar-refractivity contribution in [3.8, 4) is 0 Å². The molecule has 0 saturated carbocycles. The van der Waals surface area contributed by atoms with Crippen LogP contribution in [0.15, 0.2) is 24.3 Å². The summed E-state index contributed by atoms with van der Waals surface area (Å²) in [5.41, 5.74) is 7.37. The van der Waals surface area contributed by atoms with Crippen molar-refractivity contribution in [2.75, 3.05) is 37.6 Å². The third-order valence-electron chi connectivity index (χ3n) is 5.42. The summed E-state index contributed by atoms with van der Waals surface area (Å²) in [5, 5.41) is 19.2. The molecular weight excluding hydrogens is 346 g/mol. The first-order valence-electron chi connectivity index (χ1n) is 9.36.